The molecule has 0 aromatic carbocycles. The quantitative estimate of drug-likeness (QED) is 0.532. The normalized spacial score (nSPS) is 8.54. The molecule has 2 N–H and O–H groups in total. The van der Waals surface area contributed by atoms with Crippen molar-refractivity contribution in [2.24, 2.45) is 5.73 Å². The number of rotatable bonds is 3. The number of nitrogens with two attached hydrogens (primary N) is 1. The molecule has 0 heterocycles. The molecule has 0 bridgehead atoms. The molecule has 0 aromatic rings. The third-order valence-corrected chi connectivity index (χ3v) is 0.911. The van der Waals surface area contributed by atoms with Gasteiger partial charge in [-0.1, -0.05) is 37.0 Å². The Morgan fingerprint density at radius 2 is 2.15 bits per heavy atom. The van der Waals surface area contributed by atoms with Crippen molar-refractivity contribution in [3.05, 3.63) is 37.0 Å². The van der Waals surface area contributed by atoms with Crippen LogP contribution in [0.1, 0.15) is 6.92 Å². The van der Waals surface area contributed by atoms with Gasteiger partial charge in [0.15, 0.2) is 0 Å². The predicted octanol–water partition coefficient (Wildman–Crippen LogP) is 1.42. The van der Waals surface area contributed by atoms with Crippen molar-refractivity contribution in [3.63, 3.8) is 0 Å². The van der Waals surface area contributed by atoms with Crippen LogP contribution in [0.4, 0.5) is 0 Å². The Bertz CT molecular complexity index is 189. The van der Waals surface area contributed by atoms with Gasteiger partial charge < -0.3 is 10.5 Å². The van der Waals surface area contributed by atoms with Crippen molar-refractivity contribution >= 4 is 5.97 Å². The van der Waals surface area contributed by atoms with Gasteiger partial charge in [-0.2, -0.15) is 0 Å². The van der Waals surface area contributed by atoms with Crippen LogP contribution >= 0.6 is 0 Å². The van der Waals surface area contributed by atoms with Gasteiger partial charge in [0.1, 0.15) is 0 Å². The number of carbonyl (C=O) groups excluding carboxylic acids is 1. The molecular formula is C10H17NO2. The van der Waals surface area contributed by atoms with E-state index in [9.17, 15) is 4.79 Å². The number of allylic oxidation sites excluding steroid dienone is 4. The molecule has 0 atom stereocenters. The summed E-state index contributed by atoms with van der Waals surface area (Å²) in [6, 6.07) is 0. The molecule has 0 radical (unpaired) electrons. The molecule has 0 saturated heterocycles. The minimum Gasteiger partial charge on any atom is -0.468 e. The van der Waals surface area contributed by atoms with E-state index in [-0.39, 0.29) is 12.5 Å². The first-order chi connectivity index (χ1) is 6.08. The first-order valence-electron chi connectivity index (χ1n) is 3.80. The summed E-state index contributed by atoms with van der Waals surface area (Å²) in [6.07, 6.45) is 5.50. The Labute approximate surface area is 79.6 Å². The highest BCUT2D eigenvalue weighted by Gasteiger charge is 1.87. The minimum atomic E-state index is -0.380. The average molecular weight is 183 g/mol. The lowest BCUT2D eigenvalue weighted by atomic mass is 10.3. The fourth-order valence-electron chi connectivity index (χ4n) is 0.316. The van der Waals surface area contributed by atoms with Crippen molar-refractivity contribution in [1.82, 2.24) is 0 Å². The number of methoxy groups -OCH3 is 1. The zero-order valence-corrected chi connectivity index (χ0v) is 8.25. The van der Waals surface area contributed by atoms with Gasteiger partial charge in [-0.15, -0.1) is 0 Å². The van der Waals surface area contributed by atoms with Gasteiger partial charge in [-0.25, -0.2) is 0 Å². The molecule has 74 valence electrons. The molecule has 3 nitrogen and oxygen atoms in total. The molecule has 0 aliphatic rings. The summed E-state index contributed by atoms with van der Waals surface area (Å²) in [4.78, 5) is 9.83. The second kappa shape index (κ2) is 10.7. The molecule has 0 saturated carbocycles. The smallest absolute Gasteiger partial charge is 0.319 e. The van der Waals surface area contributed by atoms with Crippen molar-refractivity contribution in [2.45, 2.75) is 6.92 Å². The fraction of sp³-hybridized carbons (Fsp3) is 0.300. The van der Waals surface area contributed by atoms with E-state index in [1.807, 2.05) is 19.1 Å². The van der Waals surface area contributed by atoms with Crippen molar-refractivity contribution in [2.75, 3.05) is 13.7 Å². The summed E-state index contributed by atoms with van der Waals surface area (Å²) in [6.45, 7) is 9.08. The Morgan fingerprint density at radius 3 is 2.23 bits per heavy atom. The Kier molecular flexibility index (Phi) is 11.6. The summed E-state index contributed by atoms with van der Waals surface area (Å²) in [5.74, 6) is -0.380. The van der Waals surface area contributed by atoms with E-state index in [1.54, 1.807) is 6.08 Å². The predicted molar refractivity (Wildman–Crippen MR) is 55.2 cm³/mol. The monoisotopic (exact) mass is 183 g/mol. The van der Waals surface area contributed by atoms with Crippen LogP contribution in [0, 0.1) is 0 Å². The maximum absolute atomic E-state index is 9.83. The average Bonchev–Trinajstić information content (AvgIpc) is 2.14. The Morgan fingerprint density at radius 1 is 1.62 bits per heavy atom. The van der Waals surface area contributed by atoms with E-state index in [4.69, 9.17) is 5.73 Å². The van der Waals surface area contributed by atoms with Crippen LogP contribution in [0.2, 0.25) is 0 Å². The van der Waals surface area contributed by atoms with Crippen molar-refractivity contribution in [3.8, 4) is 0 Å². The standard InChI is InChI=1S/C7H10.C3H7NO2/c1-4-5-6-7(2)3;1-6-3(5)2-4/h4-6H,1-2H2,3H3;2,4H2,1H3/b6-5-;. The minimum absolute atomic E-state index is 0.0312. The molecule has 13 heavy (non-hydrogen) atoms. The summed E-state index contributed by atoms with van der Waals surface area (Å²) < 4.78 is 4.14. The number of carbonyl (C=O) groups is 1. The highest BCUT2D eigenvalue weighted by molar-refractivity contribution is 5.70. The fourth-order valence-corrected chi connectivity index (χ4v) is 0.316. The highest BCUT2D eigenvalue weighted by Crippen LogP contribution is 1.86. The van der Waals surface area contributed by atoms with Gasteiger partial charge in [0.2, 0.25) is 0 Å². The lowest BCUT2D eigenvalue weighted by Crippen LogP contribution is -2.14. The van der Waals surface area contributed by atoms with Crippen LogP contribution in [0.25, 0.3) is 0 Å². The zero-order valence-electron chi connectivity index (χ0n) is 8.25. The molecule has 0 rings (SSSR count). The molecule has 0 unspecified atom stereocenters. The van der Waals surface area contributed by atoms with Gasteiger partial charge in [-0.05, 0) is 6.92 Å². The molecular weight excluding hydrogens is 166 g/mol. The Balaban J connectivity index is 0. The van der Waals surface area contributed by atoms with Crippen LogP contribution in [0.5, 0.6) is 0 Å². The number of hydrogen-bond acceptors (Lipinski definition) is 3. The highest BCUT2D eigenvalue weighted by atomic mass is 16.5. The van der Waals surface area contributed by atoms with E-state index in [0.29, 0.717) is 0 Å². The first-order valence-corrected chi connectivity index (χ1v) is 3.80. The zero-order chi connectivity index (χ0) is 10.7. The summed E-state index contributed by atoms with van der Waals surface area (Å²) in [7, 11) is 1.30. The Hall–Kier alpha value is -1.35. The molecule has 3 heteroatoms. The second-order valence-corrected chi connectivity index (χ2v) is 2.22. The van der Waals surface area contributed by atoms with E-state index >= 15 is 0 Å². The molecule has 0 aromatic heterocycles. The van der Waals surface area contributed by atoms with E-state index in [1.165, 1.54) is 7.11 Å². The third-order valence-electron chi connectivity index (χ3n) is 0.911. The van der Waals surface area contributed by atoms with Crippen LogP contribution < -0.4 is 5.73 Å². The summed E-state index contributed by atoms with van der Waals surface area (Å²) in [5, 5.41) is 0. The molecule has 0 amide bonds. The van der Waals surface area contributed by atoms with E-state index in [2.05, 4.69) is 17.9 Å². The van der Waals surface area contributed by atoms with Crippen LogP contribution in [-0.4, -0.2) is 19.6 Å². The van der Waals surface area contributed by atoms with Crippen LogP contribution in [-0.2, 0) is 9.53 Å². The lowest BCUT2D eigenvalue weighted by Gasteiger charge is -1.87. The van der Waals surface area contributed by atoms with Gasteiger partial charge in [-0.3, -0.25) is 4.79 Å². The third kappa shape index (κ3) is 18.0. The number of esters is 1. The van der Waals surface area contributed by atoms with Gasteiger partial charge in [0, 0.05) is 0 Å². The van der Waals surface area contributed by atoms with Gasteiger partial charge in [0.05, 0.1) is 13.7 Å². The SMILES string of the molecule is C=C/C=C\C(=C)C.COC(=O)CN. The molecule has 0 fully saturated rings. The van der Waals surface area contributed by atoms with E-state index in [0.717, 1.165) is 5.57 Å². The number of hydrogen-bond donors (Lipinski definition) is 1. The summed E-state index contributed by atoms with van der Waals surface area (Å²) in [5.41, 5.74) is 5.86. The molecule has 0 spiro atoms. The maximum atomic E-state index is 9.83. The first kappa shape index (κ1) is 14.2. The van der Waals surface area contributed by atoms with Gasteiger partial charge in [0.25, 0.3) is 0 Å². The summed E-state index contributed by atoms with van der Waals surface area (Å²) >= 11 is 0. The second-order valence-electron chi connectivity index (χ2n) is 2.22. The van der Waals surface area contributed by atoms with E-state index < -0.39 is 0 Å². The molecule has 0 aliphatic carbocycles. The lowest BCUT2D eigenvalue weighted by molar-refractivity contribution is -0.138. The largest absolute Gasteiger partial charge is 0.468 e. The number of ether oxygens (including phenoxy) is 1. The molecule has 0 aliphatic heterocycles. The topological polar surface area (TPSA) is 52.3 Å². The van der Waals surface area contributed by atoms with Crippen molar-refractivity contribution < 1.29 is 9.53 Å². The van der Waals surface area contributed by atoms with Crippen LogP contribution in [0.15, 0.2) is 37.0 Å². The van der Waals surface area contributed by atoms with Gasteiger partial charge >= 0.3 is 5.97 Å². The maximum Gasteiger partial charge on any atom is 0.319 e. The van der Waals surface area contributed by atoms with Crippen LogP contribution in [0.3, 0.4) is 0 Å². The van der Waals surface area contributed by atoms with Crippen molar-refractivity contribution in [1.29, 1.82) is 0 Å².